The number of nitrogens with two attached hydrogens (primary N) is 1. The van der Waals surface area contributed by atoms with E-state index in [0.717, 1.165) is 22.9 Å². The number of rotatable bonds is 4. The minimum Gasteiger partial charge on any atom is -0.365 e. The molecule has 4 rings (SSSR count). The maximum atomic E-state index is 12.2. The summed E-state index contributed by atoms with van der Waals surface area (Å²) in [5, 5.41) is 1.07. The fourth-order valence-corrected chi connectivity index (χ4v) is 3.23. The molecule has 2 N–H and O–H groups in total. The molecule has 0 fully saturated rings. The fourth-order valence-electron chi connectivity index (χ4n) is 3.23. The number of pyridine rings is 2. The van der Waals surface area contributed by atoms with Crippen LogP contribution in [0, 0.1) is 6.92 Å². The van der Waals surface area contributed by atoms with Crippen LogP contribution in [0.4, 0.5) is 0 Å². The average molecular weight is 358 g/mol. The summed E-state index contributed by atoms with van der Waals surface area (Å²) in [4.78, 5) is 29.8. The van der Waals surface area contributed by atoms with Crippen LogP contribution < -0.4 is 5.73 Å². The molecule has 0 aliphatic rings. The van der Waals surface area contributed by atoms with Crippen LogP contribution in [0.5, 0.6) is 0 Å². The van der Waals surface area contributed by atoms with Crippen LogP contribution in [0.2, 0.25) is 0 Å². The van der Waals surface area contributed by atoms with Crippen molar-refractivity contribution in [2.24, 2.45) is 5.73 Å². The molecule has 0 aliphatic carbocycles. The molecule has 0 saturated carbocycles. The highest BCUT2D eigenvalue weighted by Crippen LogP contribution is 2.27. The summed E-state index contributed by atoms with van der Waals surface area (Å²) < 4.78 is 1.86. The van der Waals surface area contributed by atoms with Crippen LogP contribution in [0.15, 0.2) is 49.1 Å². The molecule has 0 radical (unpaired) electrons. The molecule has 0 aromatic carbocycles. The van der Waals surface area contributed by atoms with Gasteiger partial charge in [-0.3, -0.25) is 19.3 Å². The molecule has 1 amide bonds. The number of aryl methyl sites for hydroxylation is 2. The second kappa shape index (κ2) is 6.60. The summed E-state index contributed by atoms with van der Waals surface area (Å²) in [5.41, 5.74) is 9.09. The molecule has 0 unspecified atom stereocenters. The van der Waals surface area contributed by atoms with Gasteiger partial charge in [0.2, 0.25) is 0 Å². The molecule has 134 valence electrons. The molecule has 0 bridgehead atoms. The summed E-state index contributed by atoms with van der Waals surface area (Å²) in [6.45, 7) is 3.83. The predicted molar refractivity (Wildman–Crippen MR) is 103 cm³/mol. The number of nitrogens with zero attached hydrogens (tertiary/aromatic N) is 5. The van der Waals surface area contributed by atoms with Crippen LogP contribution in [0.3, 0.4) is 0 Å². The van der Waals surface area contributed by atoms with Crippen molar-refractivity contribution in [2.45, 2.75) is 20.3 Å². The van der Waals surface area contributed by atoms with Gasteiger partial charge >= 0.3 is 0 Å². The van der Waals surface area contributed by atoms with Crippen molar-refractivity contribution in [3.63, 3.8) is 0 Å². The van der Waals surface area contributed by atoms with Gasteiger partial charge in [-0.1, -0.05) is 13.0 Å². The van der Waals surface area contributed by atoms with E-state index in [0.29, 0.717) is 23.0 Å². The largest absolute Gasteiger partial charge is 0.365 e. The number of primary amides is 1. The number of fused-ring (bicyclic) bond motifs is 1. The van der Waals surface area contributed by atoms with E-state index in [4.69, 9.17) is 5.73 Å². The van der Waals surface area contributed by atoms with E-state index in [2.05, 4.69) is 26.9 Å². The number of amides is 1. The topological polar surface area (TPSA) is 99.6 Å². The molecular weight excluding hydrogens is 340 g/mol. The van der Waals surface area contributed by atoms with Crippen molar-refractivity contribution in [3.05, 3.63) is 65.9 Å². The zero-order valence-corrected chi connectivity index (χ0v) is 15.0. The van der Waals surface area contributed by atoms with Gasteiger partial charge < -0.3 is 5.73 Å². The van der Waals surface area contributed by atoms with Gasteiger partial charge in [0.25, 0.3) is 5.91 Å². The normalized spacial score (nSPS) is 11.0. The number of hydrogen-bond acceptors (Lipinski definition) is 5. The minimum atomic E-state index is -0.571. The quantitative estimate of drug-likeness (QED) is 0.605. The standard InChI is InChI=1S/C20H18N6O/c1-3-13-11-26(16-10-22-9-7-14(13)16)20-17(18(21)27)12(2)24-19(25-20)15-6-4-5-8-23-15/h4-11H,3H2,1-2H3,(H2,21,27). The van der Waals surface area contributed by atoms with Crippen molar-refractivity contribution in [1.82, 2.24) is 24.5 Å². The van der Waals surface area contributed by atoms with Crippen LogP contribution in [-0.4, -0.2) is 30.4 Å². The van der Waals surface area contributed by atoms with Crippen molar-refractivity contribution in [1.29, 1.82) is 0 Å². The smallest absolute Gasteiger partial charge is 0.254 e. The van der Waals surface area contributed by atoms with Gasteiger partial charge in [0, 0.05) is 24.0 Å². The molecular formula is C20H18N6O. The first kappa shape index (κ1) is 16.8. The molecule has 0 saturated heterocycles. The first-order valence-electron chi connectivity index (χ1n) is 8.64. The third-order valence-electron chi connectivity index (χ3n) is 4.51. The first-order valence-corrected chi connectivity index (χ1v) is 8.64. The second-order valence-corrected chi connectivity index (χ2v) is 6.18. The summed E-state index contributed by atoms with van der Waals surface area (Å²) >= 11 is 0. The molecule has 4 heterocycles. The zero-order valence-electron chi connectivity index (χ0n) is 15.0. The maximum Gasteiger partial charge on any atom is 0.254 e. The Morgan fingerprint density at radius 2 is 2.04 bits per heavy atom. The maximum absolute atomic E-state index is 12.2. The Morgan fingerprint density at radius 1 is 1.19 bits per heavy atom. The average Bonchev–Trinajstić information content (AvgIpc) is 3.06. The molecule has 0 atom stereocenters. The Hall–Kier alpha value is -3.61. The van der Waals surface area contributed by atoms with E-state index in [1.54, 1.807) is 25.5 Å². The highest BCUT2D eigenvalue weighted by atomic mass is 16.1. The van der Waals surface area contributed by atoms with Gasteiger partial charge in [0.05, 0.1) is 17.4 Å². The van der Waals surface area contributed by atoms with Crippen LogP contribution in [0.1, 0.15) is 28.5 Å². The Balaban J connectivity index is 2.05. The molecule has 4 aromatic heterocycles. The van der Waals surface area contributed by atoms with E-state index < -0.39 is 5.91 Å². The number of carbonyl (C=O) groups excluding carboxylic acids is 1. The molecule has 4 aromatic rings. The monoisotopic (exact) mass is 358 g/mol. The lowest BCUT2D eigenvalue weighted by molar-refractivity contribution is 0.0999. The SMILES string of the molecule is CCc1cn(-c2nc(-c3ccccn3)nc(C)c2C(N)=O)c2cnccc12. The summed E-state index contributed by atoms with van der Waals surface area (Å²) in [6, 6.07) is 7.48. The van der Waals surface area contributed by atoms with Crippen molar-refractivity contribution >= 4 is 16.8 Å². The third-order valence-corrected chi connectivity index (χ3v) is 4.51. The van der Waals surface area contributed by atoms with E-state index in [-0.39, 0.29) is 5.56 Å². The van der Waals surface area contributed by atoms with Crippen molar-refractivity contribution in [2.75, 3.05) is 0 Å². The zero-order chi connectivity index (χ0) is 19.0. The van der Waals surface area contributed by atoms with Gasteiger partial charge in [-0.15, -0.1) is 0 Å². The lowest BCUT2D eigenvalue weighted by Crippen LogP contribution is -2.19. The molecule has 7 nitrogen and oxygen atoms in total. The number of hydrogen-bond donors (Lipinski definition) is 1. The molecule has 0 spiro atoms. The highest BCUT2D eigenvalue weighted by molar-refractivity contribution is 5.98. The van der Waals surface area contributed by atoms with E-state index >= 15 is 0 Å². The van der Waals surface area contributed by atoms with E-state index in [1.165, 1.54) is 0 Å². The van der Waals surface area contributed by atoms with Gasteiger partial charge in [0.15, 0.2) is 11.6 Å². The lowest BCUT2D eigenvalue weighted by atomic mass is 10.2. The predicted octanol–water partition coefficient (Wildman–Crippen LogP) is 2.85. The first-order chi connectivity index (χ1) is 13.1. The van der Waals surface area contributed by atoms with E-state index in [1.807, 2.05) is 35.0 Å². The van der Waals surface area contributed by atoms with Gasteiger partial charge in [-0.25, -0.2) is 9.97 Å². The molecule has 0 aliphatic heterocycles. The lowest BCUT2D eigenvalue weighted by Gasteiger charge is -2.12. The Kier molecular flexibility index (Phi) is 4.12. The number of aromatic nitrogens is 5. The fraction of sp³-hybridized carbons (Fsp3) is 0.150. The van der Waals surface area contributed by atoms with Crippen molar-refractivity contribution in [3.8, 4) is 17.3 Å². The summed E-state index contributed by atoms with van der Waals surface area (Å²) in [6.07, 6.45) is 8.02. The van der Waals surface area contributed by atoms with Gasteiger partial charge in [0.1, 0.15) is 11.3 Å². The Labute approximate surface area is 155 Å². The Morgan fingerprint density at radius 3 is 2.74 bits per heavy atom. The van der Waals surface area contributed by atoms with Gasteiger partial charge in [-0.05, 0) is 37.1 Å². The molecule has 7 heteroatoms. The van der Waals surface area contributed by atoms with Crippen LogP contribution >= 0.6 is 0 Å². The van der Waals surface area contributed by atoms with E-state index in [9.17, 15) is 4.79 Å². The summed E-state index contributed by atoms with van der Waals surface area (Å²) in [7, 11) is 0. The second-order valence-electron chi connectivity index (χ2n) is 6.18. The van der Waals surface area contributed by atoms with Gasteiger partial charge in [-0.2, -0.15) is 0 Å². The minimum absolute atomic E-state index is 0.290. The van der Waals surface area contributed by atoms with Crippen molar-refractivity contribution < 1.29 is 4.79 Å². The molecule has 27 heavy (non-hydrogen) atoms. The van der Waals surface area contributed by atoms with Crippen LogP contribution in [-0.2, 0) is 6.42 Å². The Bertz CT molecular complexity index is 1150. The number of carbonyl (C=O) groups is 1. The van der Waals surface area contributed by atoms with Crippen LogP contribution in [0.25, 0.3) is 28.2 Å². The third kappa shape index (κ3) is 2.83. The highest BCUT2D eigenvalue weighted by Gasteiger charge is 2.21. The summed E-state index contributed by atoms with van der Waals surface area (Å²) in [5.74, 6) is 0.309.